The maximum absolute atomic E-state index is 4.42. The second-order valence-corrected chi connectivity index (χ2v) is 4.55. The molecule has 0 amide bonds. The Labute approximate surface area is 117 Å². The normalized spacial score (nSPS) is 18.6. The Morgan fingerprint density at radius 3 is 2.58 bits per heavy atom. The fourth-order valence-corrected chi connectivity index (χ4v) is 2.45. The van der Waals surface area contributed by atoms with Crippen LogP contribution in [0.2, 0.25) is 0 Å². The molecule has 0 bridgehead atoms. The molecule has 1 aliphatic carbocycles. The van der Waals surface area contributed by atoms with Crippen LogP contribution in [0.1, 0.15) is 63.9 Å². The molecule has 1 heterocycles. The molecule has 2 heteroatoms. The van der Waals surface area contributed by atoms with Crippen molar-refractivity contribution >= 4 is 5.57 Å². The van der Waals surface area contributed by atoms with Crippen LogP contribution >= 0.6 is 0 Å². The Bertz CT molecular complexity index is 470. The highest BCUT2D eigenvalue weighted by Gasteiger charge is 2.17. The van der Waals surface area contributed by atoms with Crippen LogP contribution < -0.4 is 0 Å². The van der Waals surface area contributed by atoms with E-state index in [0.29, 0.717) is 0 Å². The molecule has 2 rings (SSSR count). The Kier molecular flexibility index (Phi) is 6.48. The van der Waals surface area contributed by atoms with Crippen LogP contribution in [0.5, 0.6) is 0 Å². The zero-order chi connectivity index (χ0) is 14.3. The number of aryl methyl sites for hydroxylation is 2. The second kappa shape index (κ2) is 7.88. The number of hydrogen-bond donors (Lipinski definition) is 0. The Morgan fingerprint density at radius 2 is 1.95 bits per heavy atom. The van der Waals surface area contributed by atoms with E-state index in [4.69, 9.17) is 0 Å². The molecule has 1 aromatic rings. The molecule has 104 valence electrons. The van der Waals surface area contributed by atoms with E-state index in [-0.39, 0.29) is 0 Å². The van der Waals surface area contributed by atoms with Gasteiger partial charge in [-0.2, -0.15) is 5.10 Å². The van der Waals surface area contributed by atoms with Crippen LogP contribution in [0.15, 0.2) is 23.8 Å². The van der Waals surface area contributed by atoms with E-state index < -0.39 is 0 Å². The predicted molar refractivity (Wildman–Crippen MR) is 83.1 cm³/mol. The number of allylic oxidation sites excluding steroid dienone is 4. The lowest BCUT2D eigenvalue weighted by Crippen LogP contribution is -2.00. The van der Waals surface area contributed by atoms with Gasteiger partial charge in [0.2, 0.25) is 0 Å². The van der Waals surface area contributed by atoms with Crippen molar-refractivity contribution in [2.24, 2.45) is 0 Å². The summed E-state index contributed by atoms with van der Waals surface area (Å²) in [7, 11) is 0. The number of nitrogens with zero attached hydrogens (tertiary/aromatic N) is 2. The van der Waals surface area contributed by atoms with Gasteiger partial charge in [-0.25, -0.2) is 0 Å². The lowest BCUT2D eigenvalue weighted by Gasteiger charge is -2.09. The molecule has 0 radical (unpaired) electrons. The summed E-state index contributed by atoms with van der Waals surface area (Å²) >= 11 is 0. The van der Waals surface area contributed by atoms with Crippen molar-refractivity contribution in [2.75, 3.05) is 0 Å². The summed E-state index contributed by atoms with van der Waals surface area (Å²) in [6.07, 6.45) is 9.02. The van der Waals surface area contributed by atoms with Gasteiger partial charge in [-0.1, -0.05) is 32.9 Å². The summed E-state index contributed by atoms with van der Waals surface area (Å²) in [5, 5.41) is 8.64. The maximum Gasteiger partial charge on any atom is 0.0961 e. The molecule has 0 aliphatic heterocycles. The first-order valence-corrected chi connectivity index (χ1v) is 7.45. The van der Waals surface area contributed by atoms with E-state index >= 15 is 0 Å². The van der Waals surface area contributed by atoms with E-state index in [0.717, 1.165) is 30.7 Å². The number of hydrogen-bond acceptors (Lipinski definition) is 2. The maximum atomic E-state index is 4.42. The molecule has 1 aliphatic rings. The molecule has 0 spiro atoms. The van der Waals surface area contributed by atoms with E-state index in [1.807, 2.05) is 20.8 Å². The minimum atomic E-state index is 1.02. The van der Waals surface area contributed by atoms with Crippen molar-refractivity contribution < 1.29 is 0 Å². The molecule has 2 nitrogen and oxygen atoms in total. The molecule has 0 unspecified atom stereocenters. The molecule has 1 aromatic heterocycles. The molecule has 0 atom stereocenters. The van der Waals surface area contributed by atoms with Gasteiger partial charge in [0.1, 0.15) is 0 Å². The minimum absolute atomic E-state index is 1.02. The summed E-state index contributed by atoms with van der Waals surface area (Å²) in [6, 6.07) is 2.18. The summed E-state index contributed by atoms with van der Waals surface area (Å²) < 4.78 is 0. The summed E-state index contributed by atoms with van der Waals surface area (Å²) in [4.78, 5) is 0. The molecular weight excluding hydrogens is 232 g/mol. The fraction of sp³-hybridized carbons (Fsp3) is 0.529. The van der Waals surface area contributed by atoms with Gasteiger partial charge in [0.15, 0.2) is 0 Å². The lowest BCUT2D eigenvalue weighted by molar-refractivity contribution is 0.826. The fourth-order valence-electron chi connectivity index (χ4n) is 2.45. The highest BCUT2D eigenvalue weighted by atomic mass is 15.1. The third kappa shape index (κ3) is 3.76. The van der Waals surface area contributed by atoms with Crippen LogP contribution in [0.25, 0.3) is 5.57 Å². The summed E-state index contributed by atoms with van der Waals surface area (Å²) in [6.45, 7) is 10.3. The first kappa shape index (κ1) is 15.6. The van der Waals surface area contributed by atoms with Crippen molar-refractivity contribution in [2.45, 2.75) is 60.3 Å². The molecule has 0 saturated heterocycles. The van der Waals surface area contributed by atoms with E-state index in [1.165, 1.54) is 23.1 Å². The van der Waals surface area contributed by atoms with Gasteiger partial charge in [0.25, 0.3) is 0 Å². The van der Waals surface area contributed by atoms with Gasteiger partial charge in [0, 0.05) is 5.57 Å². The first-order chi connectivity index (χ1) is 9.26. The third-order valence-corrected chi connectivity index (χ3v) is 3.25. The largest absolute Gasteiger partial charge is 0.155 e. The highest BCUT2D eigenvalue weighted by molar-refractivity contribution is 5.79. The molecule has 0 N–H and O–H groups in total. The monoisotopic (exact) mass is 258 g/mol. The van der Waals surface area contributed by atoms with Crippen molar-refractivity contribution in [1.82, 2.24) is 10.2 Å². The first-order valence-electron chi connectivity index (χ1n) is 7.45. The van der Waals surface area contributed by atoms with Gasteiger partial charge in [-0.05, 0) is 56.7 Å². The topological polar surface area (TPSA) is 25.8 Å². The zero-order valence-corrected chi connectivity index (χ0v) is 13.0. The predicted octanol–water partition coefficient (Wildman–Crippen LogP) is 4.89. The van der Waals surface area contributed by atoms with Crippen LogP contribution in [-0.2, 0) is 6.42 Å². The van der Waals surface area contributed by atoms with Gasteiger partial charge >= 0.3 is 0 Å². The molecule has 19 heavy (non-hydrogen) atoms. The van der Waals surface area contributed by atoms with Gasteiger partial charge in [-0.15, -0.1) is 5.10 Å². The number of rotatable bonds is 1. The van der Waals surface area contributed by atoms with Crippen LogP contribution in [0, 0.1) is 6.92 Å². The van der Waals surface area contributed by atoms with Crippen LogP contribution in [-0.4, -0.2) is 10.2 Å². The van der Waals surface area contributed by atoms with Gasteiger partial charge in [-0.3, -0.25) is 0 Å². The molecular formula is C17H26N2. The molecule has 0 fully saturated rings. The van der Waals surface area contributed by atoms with Gasteiger partial charge in [0.05, 0.1) is 11.4 Å². The average Bonchev–Trinajstić information content (AvgIpc) is 2.60. The molecule has 0 saturated carbocycles. The Hall–Kier alpha value is -1.44. The lowest BCUT2D eigenvalue weighted by atomic mass is 9.99. The molecule has 0 aromatic carbocycles. The van der Waals surface area contributed by atoms with Crippen molar-refractivity contribution in [1.29, 1.82) is 0 Å². The quantitative estimate of drug-likeness (QED) is 0.670. The summed E-state index contributed by atoms with van der Waals surface area (Å²) in [5.74, 6) is 0. The second-order valence-electron chi connectivity index (χ2n) is 4.55. The Morgan fingerprint density at radius 1 is 1.21 bits per heavy atom. The smallest absolute Gasteiger partial charge is 0.0961 e. The van der Waals surface area contributed by atoms with Crippen LogP contribution in [0.4, 0.5) is 0 Å². The van der Waals surface area contributed by atoms with E-state index in [2.05, 4.69) is 42.3 Å². The van der Waals surface area contributed by atoms with Crippen LogP contribution in [0.3, 0.4) is 0 Å². The number of fused-ring (bicyclic) bond motifs is 1. The number of aromatic nitrogens is 2. The SMILES string of the molecule is C/C=C1/CCCc2cc(C)nnc2/C1=C/CC.CC. The highest BCUT2D eigenvalue weighted by Crippen LogP contribution is 2.32. The van der Waals surface area contributed by atoms with Crippen molar-refractivity contribution in [3.63, 3.8) is 0 Å². The van der Waals surface area contributed by atoms with Gasteiger partial charge < -0.3 is 0 Å². The van der Waals surface area contributed by atoms with Crippen molar-refractivity contribution in [3.05, 3.63) is 40.7 Å². The zero-order valence-electron chi connectivity index (χ0n) is 13.0. The average molecular weight is 258 g/mol. The Balaban J connectivity index is 0.000000861. The third-order valence-electron chi connectivity index (χ3n) is 3.25. The minimum Gasteiger partial charge on any atom is -0.155 e. The van der Waals surface area contributed by atoms with E-state index in [9.17, 15) is 0 Å². The van der Waals surface area contributed by atoms with E-state index in [1.54, 1.807) is 0 Å². The van der Waals surface area contributed by atoms with Crippen molar-refractivity contribution in [3.8, 4) is 0 Å². The standard InChI is InChI=1S/C15H20N2.C2H6/c1-4-7-14-12(5-2)8-6-9-13-10-11(3)16-17-15(13)14;1-2/h5,7,10H,4,6,8-9H2,1-3H3;1-2H3/b12-5-,14-7+;. The summed E-state index contributed by atoms with van der Waals surface area (Å²) in [5.41, 5.74) is 6.19.